The number of nitrogens with zero attached hydrogens (tertiary/aromatic N) is 3. The summed E-state index contributed by atoms with van der Waals surface area (Å²) in [4.78, 5) is 40.9. The highest BCUT2D eigenvalue weighted by atomic mass is 16.2. The van der Waals surface area contributed by atoms with Gasteiger partial charge in [-0.1, -0.05) is 12.8 Å². The molecule has 1 fully saturated rings. The van der Waals surface area contributed by atoms with Gasteiger partial charge in [-0.05, 0) is 18.9 Å². The molecular weight excluding hydrogens is 310 g/mol. The highest BCUT2D eigenvalue weighted by Gasteiger charge is 2.34. The van der Waals surface area contributed by atoms with Gasteiger partial charge in [0.2, 0.25) is 0 Å². The molecule has 1 saturated carbocycles. The van der Waals surface area contributed by atoms with E-state index in [1.54, 1.807) is 7.05 Å². The summed E-state index contributed by atoms with van der Waals surface area (Å²) in [7, 11) is 2.94. The van der Waals surface area contributed by atoms with Gasteiger partial charge < -0.3 is 11.1 Å². The molecule has 8 nitrogen and oxygen atoms in total. The quantitative estimate of drug-likeness (QED) is 0.797. The Hall–Kier alpha value is -2.48. The standard InChI is InChI=1S/C16H21N5O3/c1-20-12-11(14(23)21(2)15(20)24)7-10(8-18-12)13(22)19-16(9-17)5-3-4-6-16/h7-8H,3-6,9,17H2,1-2H3,(H,19,22). The van der Waals surface area contributed by atoms with Crippen LogP contribution in [0.25, 0.3) is 11.0 Å². The fourth-order valence-corrected chi connectivity index (χ4v) is 3.33. The van der Waals surface area contributed by atoms with E-state index in [1.165, 1.54) is 23.9 Å². The van der Waals surface area contributed by atoms with Gasteiger partial charge in [0.25, 0.3) is 11.5 Å². The first-order chi connectivity index (χ1) is 11.4. The number of rotatable bonds is 3. The van der Waals surface area contributed by atoms with Crippen LogP contribution in [0.5, 0.6) is 0 Å². The van der Waals surface area contributed by atoms with Gasteiger partial charge in [0.1, 0.15) is 5.65 Å². The van der Waals surface area contributed by atoms with Gasteiger partial charge in [0.05, 0.1) is 16.5 Å². The molecule has 0 bridgehead atoms. The van der Waals surface area contributed by atoms with E-state index >= 15 is 0 Å². The van der Waals surface area contributed by atoms with E-state index in [4.69, 9.17) is 5.73 Å². The first-order valence-electron chi connectivity index (χ1n) is 7.97. The molecule has 1 aliphatic carbocycles. The maximum atomic E-state index is 12.6. The molecular formula is C16H21N5O3. The van der Waals surface area contributed by atoms with Crippen molar-refractivity contribution in [3.8, 4) is 0 Å². The van der Waals surface area contributed by atoms with Crippen LogP contribution in [0.1, 0.15) is 36.0 Å². The molecule has 0 atom stereocenters. The Labute approximate surface area is 138 Å². The smallest absolute Gasteiger partial charge is 0.332 e. The highest BCUT2D eigenvalue weighted by Crippen LogP contribution is 2.29. The molecule has 1 aliphatic rings. The zero-order valence-corrected chi connectivity index (χ0v) is 13.8. The summed E-state index contributed by atoms with van der Waals surface area (Å²) in [6, 6.07) is 1.48. The minimum absolute atomic E-state index is 0.237. The van der Waals surface area contributed by atoms with Crippen molar-refractivity contribution in [1.82, 2.24) is 19.4 Å². The topological polar surface area (TPSA) is 112 Å². The zero-order chi connectivity index (χ0) is 17.5. The summed E-state index contributed by atoms with van der Waals surface area (Å²) < 4.78 is 2.29. The largest absolute Gasteiger partial charge is 0.345 e. The first-order valence-corrected chi connectivity index (χ1v) is 7.97. The normalized spacial score (nSPS) is 16.5. The Balaban J connectivity index is 2.03. The fraction of sp³-hybridized carbons (Fsp3) is 0.500. The maximum Gasteiger partial charge on any atom is 0.332 e. The van der Waals surface area contributed by atoms with Crippen LogP contribution in [-0.4, -0.2) is 32.1 Å². The lowest BCUT2D eigenvalue weighted by Gasteiger charge is -2.28. The van der Waals surface area contributed by atoms with E-state index in [-0.39, 0.29) is 28.0 Å². The number of nitrogens with one attached hydrogen (secondary N) is 1. The van der Waals surface area contributed by atoms with Crippen LogP contribution in [0.4, 0.5) is 0 Å². The number of fused-ring (bicyclic) bond motifs is 1. The van der Waals surface area contributed by atoms with Crippen LogP contribution < -0.4 is 22.3 Å². The minimum Gasteiger partial charge on any atom is -0.345 e. The lowest BCUT2D eigenvalue weighted by Crippen LogP contribution is -2.51. The number of carbonyl (C=O) groups is 1. The molecule has 0 radical (unpaired) electrons. The van der Waals surface area contributed by atoms with Gasteiger partial charge in [-0.2, -0.15) is 0 Å². The average Bonchev–Trinajstić information content (AvgIpc) is 3.06. The second-order valence-electron chi connectivity index (χ2n) is 6.45. The predicted octanol–water partition coefficient (Wildman–Crippen LogP) is -0.366. The average molecular weight is 331 g/mol. The van der Waals surface area contributed by atoms with Crippen molar-refractivity contribution in [2.45, 2.75) is 31.2 Å². The van der Waals surface area contributed by atoms with E-state index in [9.17, 15) is 14.4 Å². The summed E-state index contributed by atoms with van der Waals surface area (Å²) in [5, 5.41) is 3.24. The third-order valence-corrected chi connectivity index (χ3v) is 4.89. The minimum atomic E-state index is -0.468. The number of carbonyl (C=O) groups excluding carboxylic acids is 1. The molecule has 24 heavy (non-hydrogen) atoms. The van der Waals surface area contributed by atoms with Crippen molar-refractivity contribution in [1.29, 1.82) is 0 Å². The molecule has 128 valence electrons. The molecule has 3 N–H and O–H groups in total. The molecule has 1 amide bonds. The van der Waals surface area contributed by atoms with Crippen LogP contribution in [0, 0.1) is 0 Å². The molecule has 0 saturated heterocycles. The van der Waals surface area contributed by atoms with Crippen LogP contribution >= 0.6 is 0 Å². The molecule has 0 unspecified atom stereocenters. The SMILES string of the molecule is Cn1c(=O)c2cc(C(=O)NC3(CN)CCCC3)cnc2n(C)c1=O. The molecule has 3 rings (SSSR count). The predicted molar refractivity (Wildman–Crippen MR) is 89.9 cm³/mol. The van der Waals surface area contributed by atoms with Crippen LogP contribution in [0.3, 0.4) is 0 Å². The number of hydrogen-bond acceptors (Lipinski definition) is 5. The second-order valence-corrected chi connectivity index (χ2v) is 6.45. The third kappa shape index (κ3) is 2.52. The van der Waals surface area contributed by atoms with E-state index < -0.39 is 11.2 Å². The van der Waals surface area contributed by atoms with Crippen molar-refractivity contribution in [3.63, 3.8) is 0 Å². The number of amides is 1. The monoisotopic (exact) mass is 331 g/mol. The third-order valence-electron chi connectivity index (χ3n) is 4.89. The summed E-state index contributed by atoms with van der Waals surface area (Å²) in [5.74, 6) is -0.298. The van der Waals surface area contributed by atoms with E-state index in [0.29, 0.717) is 6.54 Å². The molecule has 8 heteroatoms. The number of aryl methyl sites for hydroxylation is 1. The Morgan fingerprint density at radius 3 is 2.58 bits per heavy atom. The van der Waals surface area contributed by atoms with Gasteiger partial charge >= 0.3 is 5.69 Å². The van der Waals surface area contributed by atoms with E-state index in [2.05, 4.69) is 10.3 Å². The van der Waals surface area contributed by atoms with Crippen molar-refractivity contribution in [3.05, 3.63) is 38.7 Å². The summed E-state index contributed by atoms with van der Waals surface area (Å²) >= 11 is 0. The van der Waals surface area contributed by atoms with E-state index in [0.717, 1.165) is 30.3 Å². The van der Waals surface area contributed by atoms with Crippen molar-refractivity contribution in [2.24, 2.45) is 19.8 Å². The molecule has 2 aromatic rings. The maximum absolute atomic E-state index is 12.6. The van der Waals surface area contributed by atoms with E-state index in [1.807, 2.05) is 0 Å². The van der Waals surface area contributed by atoms with Crippen LogP contribution in [0.2, 0.25) is 0 Å². The fourth-order valence-electron chi connectivity index (χ4n) is 3.33. The lowest BCUT2D eigenvalue weighted by molar-refractivity contribution is 0.0903. The zero-order valence-electron chi connectivity index (χ0n) is 13.8. The van der Waals surface area contributed by atoms with Gasteiger partial charge in [0.15, 0.2) is 0 Å². The Bertz CT molecular complexity index is 922. The van der Waals surface area contributed by atoms with Gasteiger partial charge in [0, 0.05) is 26.8 Å². The molecule has 0 aliphatic heterocycles. The summed E-state index contributed by atoms with van der Waals surface area (Å²) in [6.07, 6.45) is 5.17. The Morgan fingerprint density at radius 2 is 1.96 bits per heavy atom. The Morgan fingerprint density at radius 1 is 1.29 bits per heavy atom. The molecule has 2 heterocycles. The lowest BCUT2D eigenvalue weighted by atomic mass is 9.97. The Kier molecular flexibility index (Phi) is 4.00. The number of aromatic nitrogens is 3. The van der Waals surface area contributed by atoms with Gasteiger partial charge in [-0.25, -0.2) is 9.78 Å². The van der Waals surface area contributed by atoms with Crippen molar-refractivity contribution >= 4 is 16.9 Å². The summed E-state index contributed by atoms with van der Waals surface area (Å²) in [5.41, 5.74) is 5.10. The van der Waals surface area contributed by atoms with Crippen molar-refractivity contribution in [2.75, 3.05) is 6.54 Å². The number of pyridine rings is 1. The van der Waals surface area contributed by atoms with Gasteiger partial charge in [-0.3, -0.25) is 18.7 Å². The second kappa shape index (κ2) is 5.86. The molecule has 0 aromatic carbocycles. The van der Waals surface area contributed by atoms with Crippen LogP contribution in [-0.2, 0) is 14.1 Å². The first kappa shape index (κ1) is 16.4. The highest BCUT2D eigenvalue weighted by molar-refractivity contribution is 5.97. The summed E-state index contributed by atoms with van der Waals surface area (Å²) in [6.45, 7) is 0.385. The molecule has 0 spiro atoms. The van der Waals surface area contributed by atoms with Crippen LogP contribution in [0.15, 0.2) is 21.9 Å². The van der Waals surface area contributed by atoms with Crippen molar-refractivity contribution < 1.29 is 4.79 Å². The number of hydrogen-bond donors (Lipinski definition) is 2. The number of nitrogens with two attached hydrogens (primary N) is 1. The van der Waals surface area contributed by atoms with Gasteiger partial charge in [-0.15, -0.1) is 0 Å². The molecule has 2 aromatic heterocycles.